The summed E-state index contributed by atoms with van der Waals surface area (Å²) >= 11 is 1.57. The fraction of sp³-hybridized carbons (Fsp3) is 0.294. The number of nitrogens with one attached hydrogen (secondary N) is 1. The minimum atomic E-state index is -0.727. The van der Waals surface area contributed by atoms with Gasteiger partial charge in [-0.3, -0.25) is 4.79 Å². The van der Waals surface area contributed by atoms with Gasteiger partial charge in [-0.25, -0.2) is 9.18 Å². The number of carbonyl (C=O) groups is 2. The number of amides is 1. The van der Waals surface area contributed by atoms with E-state index in [2.05, 4.69) is 5.32 Å². The molecule has 1 aromatic carbocycles. The topological polar surface area (TPSA) is 68.5 Å². The second kappa shape index (κ2) is 8.54. The van der Waals surface area contributed by atoms with Gasteiger partial charge >= 0.3 is 5.97 Å². The Hall–Kier alpha value is -2.28. The van der Waals surface area contributed by atoms with E-state index in [1.807, 2.05) is 6.26 Å². The minimum absolute atomic E-state index is 0.0763. The number of thioether (sulfide) groups is 1. The average molecular weight is 351 g/mol. The predicted molar refractivity (Wildman–Crippen MR) is 90.4 cm³/mol. The monoisotopic (exact) mass is 351 g/mol. The lowest BCUT2D eigenvalue weighted by atomic mass is 10.2. The molecule has 1 heterocycles. The highest BCUT2D eigenvalue weighted by Gasteiger charge is 2.23. The third-order valence-corrected chi connectivity index (χ3v) is 4.00. The molecular formula is C17H18FNO4S. The highest BCUT2D eigenvalue weighted by Crippen LogP contribution is 2.22. The summed E-state index contributed by atoms with van der Waals surface area (Å²) in [5.41, 5.74) is 0.655. The van der Waals surface area contributed by atoms with Crippen LogP contribution >= 0.6 is 11.8 Å². The Labute approximate surface area is 143 Å². The van der Waals surface area contributed by atoms with E-state index in [1.165, 1.54) is 25.3 Å². The van der Waals surface area contributed by atoms with Crippen molar-refractivity contribution in [2.24, 2.45) is 0 Å². The van der Waals surface area contributed by atoms with E-state index >= 15 is 0 Å². The molecule has 2 aromatic rings. The summed E-state index contributed by atoms with van der Waals surface area (Å²) in [7, 11) is 1.28. The Morgan fingerprint density at radius 2 is 1.96 bits per heavy atom. The van der Waals surface area contributed by atoms with E-state index in [0.29, 0.717) is 23.5 Å². The Morgan fingerprint density at radius 1 is 1.25 bits per heavy atom. The van der Waals surface area contributed by atoms with Gasteiger partial charge in [0.05, 0.1) is 7.11 Å². The molecule has 0 fully saturated rings. The van der Waals surface area contributed by atoms with Gasteiger partial charge in [0.25, 0.3) is 5.91 Å². The average Bonchev–Trinajstić information content (AvgIpc) is 3.08. The van der Waals surface area contributed by atoms with Gasteiger partial charge in [0.1, 0.15) is 17.6 Å². The number of furan rings is 1. The summed E-state index contributed by atoms with van der Waals surface area (Å²) in [5.74, 6) is -0.120. The van der Waals surface area contributed by atoms with Gasteiger partial charge in [-0.05, 0) is 54.8 Å². The molecule has 1 N–H and O–H groups in total. The zero-order valence-electron chi connectivity index (χ0n) is 13.4. The molecule has 1 aromatic heterocycles. The number of ether oxygens (including phenoxy) is 1. The van der Waals surface area contributed by atoms with Gasteiger partial charge in [0.15, 0.2) is 5.76 Å². The Bertz CT molecular complexity index is 699. The van der Waals surface area contributed by atoms with Crippen LogP contribution in [0.2, 0.25) is 0 Å². The molecule has 24 heavy (non-hydrogen) atoms. The van der Waals surface area contributed by atoms with Crippen molar-refractivity contribution in [1.29, 1.82) is 0 Å². The lowest BCUT2D eigenvalue weighted by molar-refractivity contribution is -0.142. The normalized spacial score (nSPS) is 11.8. The van der Waals surface area contributed by atoms with Crippen molar-refractivity contribution in [3.8, 4) is 11.3 Å². The first kappa shape index (κ1) is 18.1. The van der Waals surface area contributed by atoms with Crippen LogP contribution in [0.5, 0.6) is 0 Å². The number of benzene rings is 1. The molecule has 0 aliphatic rings. The number of esters is 1. The first-order valence-electron chi connectivity index (χ1n) is 7.28. The van der Waals surface area contributed by atoms with Gasteiger partial charge < -0.3 is 14.5 Å². The SMILES string of the molecule is COC(=O)[C@@H](CCSC)NC(=O)c1ccc(-c2ccc(F)cc2)o1. The number of carbonyl (C=O) groups excluding carboxylic acids is 2. The summed E-state index contributed by atoms with van der Waals surface area (Å²) in [5, 5.41) is 2.61. The first-order valence-corrected chi connectivity index (χ1v) is 8.68. The summed E-state index contributed by atoms with van der Waals surface area (Å²) in [6.07, 6.45) is 2.38. The van der Waals surface area contributed by atoms with Crippen molar-refractivity contribution in [1.82, 2.24) is 5.32 Å². The lowest BCUT2D eigenvalue weighted by Crippen LogP contribution is -2.41. The quantitative estimate of drug-likeness (QED) is 0.776. The second-order valence-electron chi connectivity index (χ2n) is 5.00. The van der Waals surface area contributed by atoms with E-state index in [0.717, 1.165) is 0 Å². The molecule has 0 radical (unpaired) electrons. The van der Waals surface area contributed by atoms with Gasteiger partial charge in [0, 0.05) is 5.56 Å². The van der Waals surface area contributed by atoms with Gasteiger partial charge in [-0.1, -0.05) is 0 Å². The third-order valence-electron chi connectivity index (χ3n) is 3.36. The van der Waals surface area contributed by atoms with Crippen LogP contribution in [0.1, 0.15) is 17.0 Å². The molecule has 0 saturated carbocycles. The van der Waals surface area contributed by atoms with Crippen molar-refractivity contribution < 1.29 is 23.1 Å². The maximum atomic E-state index is 13.0. The number of methoxy groups -OCH3 is 1. The fourth-order valence-corrected chi connectivity index (χ4v) is 2.56. The largest absolute Gasteiger partial charge is 0.467 e. The number of hydrogen-bond acceptors (Lipinski definition) is 5. The van der Waals surface area contributed by atoms with Crippen molar-refractivity contribution in [3.05, 3.63) is 48.0 Å². The molecule has 0 saturated heterocycles. The molecule has 0 aliphatic heterocycles. The Kier molecular flexibility index (Phi) is 6.43. The Balaban J connectivity index is 2.09. The van der Waals surface area contributed by atoms with Gasteiger partial charge in [-0.15, -0.1) is 0 Å². The highest BCUT2D eigenvalue weighted by atomic mass is 32.2. The van der Waals surface area contributed by atoms with E-state index in [9.17, 15) is 14.0 Å². The molecule has 0 bridgehead atoms. The molecule has 2 rings (SSSR count). The summed E-state index contributed by atoms with van der Waals surface area (Å²) in [4.78, 5) is 24.0. The molecule has 5 nitrogen and oxygen atoms in total. The summed E-state index contributed by atoms with van der Waals surface area (Å²) < 4.78 is 23.2. The zero-order valence-corrected chi connectivity index (χ0v) is 14.2. The molecular weight excluding hydrogens is 333 g/mol. The molecule has 1 atom stereocenters. The number of rotatable bonds is 7. The van der Waals surface area contributed by atoms with Crippen LogP contribution in [0, 0.1) is 5.82 Å². The van der Waals surface area contributed by atoms with Crippen molar-refractivity contribution in [2.75, 3.05) is 19.1 Å². The Morgan fingerprint density at radius 3 is 2.58 bits per heavy atom. The standard InChI is InChI=1S/C17H18FNO4S/c1-22-17(21)13(9-10-24-2)19-16(20)15-8-7-14(23-15)11-3-5-12(18)6-4-11/h3-8,13H,9-10H2,1-2H3,(H,19,20)/t13-/m1/s1. The van der Waals surface area contributed by atoms with Crippen molar-refractivity contribution in [3.63, 3.8) is 0 Å². The van der Waals surface area contributed by atoms with E-state index in [-0.39, 0.29) is 11.6 Å². The maximum Gasteiger partial charge on any atom is 0.328 e. The molecule has 7 heteroatoms. The molecule has 0 aliphatic carbocycles. The van der Waals surface area contributed by atoms with Crippen LogP contribution in [-0.4, -0.2) is 37.0 Å². The number of hydrogen-bond donors (Lipinski definition) is 1. The minimum Gasteiger partial charge on any atom is -0.467 e. The van der Waals surface area contributed by atoms with Crippen molar-refractivity contribution in [2.45, 2.75) is 12.5 Å². The van der Waals surface area contributed by atoms with Crippen LogP contribution in [0.3, 0.4) is 0 Å². The van der Waals surface area contributed by atoms with Gasteiger partial charge in [-0.2, -0.15) is 11.8 Å². The second-order valence-corrected chi connectivity index (χ2v) is 5.99. The van der Waals surface area contributed by atoms with Crippen LogP contribution in [-0.2, 0) is 9.53 Å². The molecule has 0 unspecified atom stereocenters. The highest BCUT2D eigenvalue weighted by molar-refractivity contribution is 7.98. The molecule has 0 spiro atoms. The maximum absolute atomic E-state index is 13.0. The van der Waals surface area contributed by atoms with Crippen LogP contribution in [0.15, 0.2) is 40.8 Å². The smallest absolute Gasteiger partial charge is 0.328 e. The molecule has 1 amide bonds. The summed E-state index contributed by atoms with van der Waals surface area (Å²) in [6.45, 7) is 0. The lowest BCUT2D eigenvalue weighted by Gasteiger charge is -2.15. The summed E-state index contributed by atoms with van der Waals surface area (Å²) in [6, 6.07) is 8.15. The van der Waals surface area contributed by atoms with E-state index in [4.69, 9.17) is 9.15 Å². The van der Waals surface area contributed by atoms with Crippen molar-refractivity contribution >= 4 is 23.6 Å². The van der Waals surface area contributed by atoms with Crippen LogP contribution in [0.25, 0.3) is 11.3 Å². The van der Waals surface area contributed by atoms with E-state index in [1.54, 1.807) is 30.0 Å². The molecule has 128 valence electrons. The van der Waals surface area contributed by atoms with Gasteiger partial charge in [0.2, 0.25) is 0 Å². The van der Waals surface area contributed by atoms with Crippen LogP contribution < -0.4 is 5.32 Å². The number of halogens is 1. The third kappa shape index (κ3) is 4.61. The zero-order chi connectivity index (χ0) is 17.5. The van der Waals surface area contributed by atoms with E-state index < -0.39 is 17.9 Å². The fourth-order valence-electron chi connectivity index (χ4n) is 2.09. The predicted octanol–water partition coefficient (Wildman–Crippen LogP) is 3.11. The first-order chi connectivity index (χ1) is 11.5. The van der Waals surface area contributed by atoms with Crippen LogP contribution in [0.4, 0.5) is 4.39 Å².